The number of phenolic OH excluding ortho intramolecular Hbond substituents is 2. The monoisotopic (exact) mass is 431 g/mol. The lowest BCUT2D eigenvalue weighted by Gasteiger charge is -2.08. The van der Waals surface area contributed by atoms with Crippen molar-refractivity contribution in [2.75, 3.05) is 0 Å². The number of aromatic nitrogens is 1. The number of fused-ring (bicyclic) bond motifs is 1. The molecule has 4 aromatic rings. The molecule has 0 saturated carbocycles. The van der Waals surface area contributed by atoms with E-state index in [1.165, 1.54) is 30.5 Å². The first-order chi connectivity index (χ1) is 15.3. The molecule has 0 aliphatic heterocycles. The number of nitro groups is 1. The topological polar surface area (TPSA) is 149 Å². The van der Waals surface area contributed by atoms with Gasteiger partial charge in [-0.05, 0) is 41.0 Å². The molecule has 1 heterocycles. The molecule has 0 atom stereocenters. The van der Waals surface area contributed by atoms with E-state index in [0.717, 1.165) is 0 Å². The second-order valence-electron chi connectivity index (χ2n) is 7.08. The van der Waals surface area contributed by atoms with E-state index in [1.54, 1.807) is 36.4 Å². The fourth-order valence-corrected chi connectivity index (χ4v) is 3.35. The number of aliphatic imine (C=N–C) groups is 1. The van der Waals surface area contributed by atoms with Crippen molar-refractivity contribution in [3.05, 3.63) is 92.3 Å². The van der Waals surface area contributed by atoms with E-state index in [0.29, 0.717) is 27.5 Å². The molecule has 9 nitrogen and oxygen atoms in total. The van der Waals surface area contributed by atoms with Gasteiger partial charge in [-0.15, -0.1) is 0 Å². The Bertz CT molecular complexity index is 1440. The van der Waals surface area contributed by atoms with Crippen LogP contribution in [0.15, 0.2) is 70.5 Å². The van der Waals surface area contributed by atoms with Crippen molar-refractivity contribution < 1.29 is 20.2 Å². The van der Waals surface area contributed by atoms with Crippen molar-refractivity contribution >= 4 is 22.7 Å². The Hall–Kier alpha value is -4.66. The van der Waals surface area contributed by atoms with Gasteiger partial charge in [0.15, 0.2) is 11.5 Å². The standard InChI is InChI=1S/C23H17N3O6/c27-20-7-4-13(8-21(20)28)11-24-12-19-18-10-15(5-6-17(18)22(29)25-23(19)30)14-2-1-3-16(9-14)26(31)32/h1-10,12,27-28H,11H2,(H2,25,29,30). The van der Waals surface area contributed by atoms with Crippen LogP contribution in [0.4, 0.5) is 5.69 Å². The minimum atomic E-state index is -0.486. The number of non-ortho nitro benzene ring substituents is 1. The Kier molecular flexibility index (Phi) is 5.30. The first-order valence-corrected chi connectivity index (χ1v) is 9.48. The van der Waals surface area contributed by atoms with Crippen LogP contribution in [0.5, 0.6) is 17.4 Å². The molecule has 32 heavy (non-hydrogen) atoms. The van der Waals surface area contributed by atoms with E-state index < -0.39 is 10.5 Å². The van der Waals surface area contributed by atoms with Crippen molar-refractivity contribution in [1.82, 2.24) is 4.98 Å². The number of nitrogens with one attached hydrogen (secondary N) is 1. The Morgan fingerprint density at radius 2 is 1.72 bits per heavy atom. The number of nitro benzene ring substituents is 1. The summed E-state index contributed by atoms with van der Waals surface area (Å²) < 4.78 is 0. The van der Waals surface area contributed by atoms with Gasteiger partial charge < -0.3 is 15.3 Å². The highest BCUT2D eigenvalue weighted by Gasteiger charge is 2.13. The van der Waals surface area contributed by atoms with Gasteiger partial charge in [0.1, 0.15) is 0 Å². The molecule has 4 rings (SSSR count). The van der Waals surface area contributed by atoms with Crippen LogP contribution in [0.3, 0.4) is 0 Å². The van der Waals surface area contributed by atoms with E-state index in [-0.39, 0.29) is 35.2 Å². The van der Waals surface area contributed by atoms with Crippen LogP contribution in [0.1, 0.15) is 11.1 Å². The van der Waals surface area contributed by atoms with Crippen LogP contribution in [-0.2, 0) is 6.54 Å². The van der Waals surface area contributed by atoms with E-state index in [9.17, 15) is 30.2 Å². The summed E-state index contributed by atoms with van der Waals surface area (Å²) in [6.45, 7) is 0.151. The summed E-state index contributed by atoms with van der Waals surface area (Å²) in [5.41, 5.74) is 1.57. The van der Waals surface area contributed by atoms with Gasteiger partial charge in [0.05, 0.1) is 17.0 Å². The zero-order chi connectivity index (χ0) is 22.8. The molecule has 0 aliphatic rings. The van der Waals surface area contributed by atoms with Crippen LogP contribution < -0.4 is 5.56 Å². The predicted molar refractivity (Wildman–Crippen MR) is 119 cm³/mol. The fraction of sp³-hybridized carbons (Fsp3) is 0.0435. The number of hydrogen-bond acceptors (Lipinski definition) is 7. The van der Waals surface area contributed by atoms with Gasteiger partial charge in [0.2, 0.25) is 5.88 Å². The van der Waals surface area contributed by atoms with Crippen LogP contribution in [0.25, 0.3) is 21.9 Å². The van der Waals surface area contributed by atoms with Crippen molar-refractivity contribution in [3.8, 4) is 28.5 Å². The number of benzene rings is 3. The lowest BCUT2D eigenvalue weighted by Crippen LogP contribution is -2.08. The maximum Gasteiger partial charge on any atom is 0.270 e. The van der Waals surface area contributed by atoms with Gasteiger partial charge in [0.25, 0.3) is 11.2 Å². The number of aromatic hydroxyl groups is 3. The van der Waals surface area contributed by atoms with Gasteiger partial charge in [-0.2, -0.15) is 0 Å². The average Bonchev–Trinajstić information content (AvgIpc) is 2.78. The third kappa shape index (κ3) is 3.99. The minimum Gasteiger partial charge on any atom is -0.504 e. The van der Waals surface area contributed by atoms with Crippen LogP contribution in [0, 0.1) is 10.1 Å². The SMILES string of the molecule is O=c1[nH]c(O)c(C=NCc2ccc(O)c(O)c2)c2cc(-c3cccc([N+](=O)[O-])c3)ccc12. The highest BCUT2D eigenvalue weighted by atomic mass is 16.6. The number of pyridine rings is 1. The van der Waals surface area contributed by atoms with E-state index >= 15 is 0 Å². The minimum absolute atomic E-state index is 0.0599. The Morgan fingerprint density at radius 1 is 0.938 bits per heavy atom. The van der Waals surface area contributed by atoms with Crippen molar-refractivity contribution in [2.45, 2.75) is 6.54 Å². The van der Waals surface area contributed by atoms with Crippen molar-refractivity contribution in [1.29, 1.82) is 0 Å². The Balaban J connectivity index is 1.77. The zero-order valence-electron chi connectivity index (χ0n) is 16.5. The molecule has 0 radical (unpaired) electrons. The third-order valence-electron chi connectivity index (χ3n) is 4.97. The number of phenols is 2. The number of nitrogens with zero attached hydrogens (tertiary/aromatic N) is 2. The quantitative estimate of drug-likeness (QED) is 0.163. The molecule has 160 valence electrons. The molecular formula is C23H17N3O6. The van der Waals surface area contributed by atoms with E-state index in [1.807, 2.05) is 0 Å². The number of aromatic amines is 1. The maximum absolute atomic E-state index is 12.3. The Labute approximate surface area is 180 Å². The summed E-state index contributed by atoms with van der Waals surface area (Å²) in [4.78, 5) is 29.6. The van der Waals surface area contributed by atoms with Crippen LogP contribution in [-0.4, -0.2) is 31.4 Å². The van der Waals surface area contributed by atoms with Crippen molar-refractivity contribution in [2.24, 2.45) is 4.99 Å². The molecule has 9 heteroatoms. The summed E-state index contributed by atoms with van der Waals surface area (Å²) in [6.07, 6.45) is 1.40. The largest absolute Gasteiger partial charge is 0.504 e. The summed E-state index contributed by atoms with van der Waals surface area (Å²) in [5, 5.41) is 41.2. The molecule has 0 fully saturated rings. The maximum atomic E-state index is 12.3. The average molecular weight is 431 g/mol. The molecule has 0 amide bonds. The molecule has 0 unspecified atom stereocenters. The number of rotatable bonds is 5. The molecule has 0 bridgehead atoms. The lowest BCUT2D eigenvalue weighted by atomic mass is 9.99. The summed E-state index contributed by atoms with van der Waals surface area (Å²) in [5.74, 6) is -0.872. The van der Waals surface area contributed by atoms with Gasteiger partial charge in [-0.3, -0.25) is 24.9 Å². The lowest BCUT2D eigenvalue weighted by molar-refractivity contribution is -0.384. The van der Waals surface area contributed by atoms with Gasteiger partial charge >= 0.3 is 0 Å². The van der Waals surface area contributed by atoms with E-state index in [4.69, 9.17) is 0 Å². The molecular weight excluding hydrogens is 414 g/mol. The molecule has 3 aromatic carbocycles. The van der Waals surface area contributed by atoms with Crippen molar-refractivity contribution in [3.63, 3.8) is 0 Å². The summed E-state index contributed by atoms with van der Waals surface area (Å²) in [6, 6.07) is 15.3. The second-order valence-corrected chi connectivity index (χ2v) is 7.08. The second kappa shape index (κ2) is 8.23. The summed E-state index contributed by atoms with van der Waals surface area (Å²) in [7, 11) is 0. The number of hydrogen-bond donors (Lipinski definition) is 4. The van der Waals surface area contributed by atoms with E-state index in [2.05, 4.69) is 9.98 Å². The number of H-pyrrole nitrogens is 1. The Morgan fingerprint density at radius 3 is 2.47 bits per heavy atom. The molecule has 0 aliphatic carbocycles. The first kappa shape index (κ1) is 20.6. The predicted octanol–water partition coefficient (Wildman–Crippen LogP) is 3.84. The molecule has 4 N–H and O–H groups in total. The smallest absolute Gasteiger partial charge is 0.270 e. The zero-order valence-corrected chi connectivity index (χ0v) is 16.5. The van der Waals surface area contributed by atoms with Gasteiger partial charge in [-0.25, -0.2) is 0 Å². The van der Waals surface area contributed by atoms with Crippen LogP contribution >= 0.6 is 0 Å². The summed E-state index contributed by atoms with van der Waals surface area (Å²) >= 11 is 0. The van der Waals surface area contributed by atoms with Gasteiger partial charge in [0, 0.05) is 29.1 Å². The first-order valence-electron chi connectivity index (χ1n) is 9.48. The van der Waals surface area contributed by atoms with Crippen LogP contribution in [0.2, 0.25) is 0 Å². The third-order valence-corrected chi connectivity index (χ3v) is 4.97. The highest BCUT2D eigenvalue weighted by Crippen LogP contribution is 2.29. The van der Waals surface area contributed by atoms with Gasteiger partial charge in [-0.1, -0.05) is 24.3 Å². The molecule has 0 saturated heterocycles. The fourth-order valence-electron chi connectivity index (χ4n) is 3.35. The molecule has 0 spiro atoms. The highest BCUT2D eigenvalue weighted by molar-refractivity contribution is 6.02. The molecule has 1 aromatic heterocycles. The normalized spacial score (nSPS) is 11.2.